The molecule has 84 valence electrons. The van der Waals surface area contributed by atoms with E-state index in [-0.39, 0.29) is 15.1 Å². The Labute approximate surface area is 95.2 Å². The number of carbonyl (C=O) groups excluding carboxylic acids is 1. The van der Waals surface area contributed by atoms with E-state index in [9.17, 15) is 13.2 Å². The van der Waals surface area contributed by atoms with Gasteiger partial charge in [-0.25, -0.2) is 18.4 Å². The van der Waals surface area contributed by atoms with Gasteiger partial charge in [0.25, 0.3) is 0 Å². The summed E-state index contributed by atoms with van der Waals surface area (Å²) in [7, 11) is -1.13. The molecule has 0 atom stereocenters. The fraction of sp³-hybridized carbons (Fsp3) is 0.286. The largest absolute Gasteiger partial charge is 0.464 e. The summed E-state index contributed by atoms with van der Waals surface area (Å²) in [4.78, 5) is 11.1. The Balaban J connectivity index is 3.47. The van der Waals surface area contributed by atoms with Gasteiger partial charge in [-0.1, -0.05) is 0 Å². The minimum Gasteiger partial charge on any atom is -0.464 e. The molecule has 0 spiro atoms. The predicted octanol–water partition coefficient (Wildman–Crippen LogP) is 0.222. The summed E-state index contributed by atoms with van der Waals surface area (Å²) in [6.45, 7) is 0. The highest BCUT2D eigenvalue weighted by Gasteiger charge is 2.24. The molecule has 0 saturated heterocycles. The highest BCUT2D eigenvalue weighted by atomic mass is 79.9. The van der Waals surface area contributed by atoms with E-state index in [1.807, 2.05) is 0 Å². The lowest BCUT2D eigenvalue weighted by Gasteiger charge is -2.00. The maximum absolute atomic E-state index is 11.3. The molecule has 2 N–H and O–H groups in total. The van der Waals surface area contributed by atoms with E-state index in [0.717, 1.165) is 0 Å². The molecule has 0 fully saturated rings. The van der Waals surface area contributed by atoms with Crippen molar-refractivity contribution >= 4 is 31.9 Å². The number of nitrogens with two attached hydrogens (primary N) is 1. The highest BCUT2D eigenvalue weighted by molar-refractivity contribution is 9.10. The number of nitrogens with zero attached hydrogens (tertiary/aromatic N) is 1. The van der Waals surface area contributed by atoms with Gasteiger partial charge in [-0.15, -0.1) is 0 Å². The second-order valence-corrected chi connectivity index (χ2v) is 5.13. The molecule has 0 aliphatic rings. The van der Waals surface area contributed by atoms with Gasteiger partial charge in [-0.05, 0) is 15.9 Å². The molecule has 8 heteroatoms. The van der Waals surface area contributed by atoms with Crippen molar-refractivity contribution in [2.75, 3.05) is 7.11 Å². The van der Waals surface area contributed by atoms with Gasteiger partial charge in [0.15, 0.2) is 0 Å². The molecule has 0 aliphatic carbocycles. The van der Waals surface area contributed by atoms with Crippen molar-refractivity contribution in [3.63, 3.8) is 0 Å². The van der Waals surface area contributed by atoms with Gasteiger partial charge in [0.1, 0.15) is 10.6 Å². The van der Waals surface area contributed by atoms with Crippen LogP contribution in [-0.2, 0) is 21.8 Å². The van der Waals surface area contributed by atoms with Gasteiger partial charge in [-0.3, -0.25) is 0 Å². The summed E-state index contributed by atoms with van der Waals surface area (Å²) in [6, 6.07) is 0. The van der Waals surface area contributed by atoms with Crippen molar-refractivity contribution in [2.24, 2.45) is 12.2 Å². The first-order valence-electron chi connectivity index (χ1n) is 3.75. The zero-order valence-electron chi connectivity index (χ0n) is 8.02. The number of methoxy groups -OCH3 is 1. The number of hydrogen-bond acceptors (Lipinski definition) is 4. The molecular formula is C7H9BrN2O4S. The second kappa shape index (κ2) is 3.95. The summed E-state index contributed by atoms with van der Waals surface area (Å²) in [5.74, 6) is -0.640. The Morgan fingerprint density at radius 3 is 2.47 bits per heavy atom. The zero-order chi connectivity index (χ0) is 11.8. The number of esters is 1. The van der Waals surface area contributed by atoms with Crippen molar-refractivity contribution < 1.29 is 17.9 Å². The maximum Gasteiger partial charge on any atom is 0.355 e. The second-order valence-electron chi connectivity index (χ2n) is 2.80. The number of ether oxygens (including phenoxy) is 1. The summed E-state index contributed by atoms with van der Waals surface area (Å²) < 4.78 is 28.2. The number of aromatic nitrogens is 1. The number of sulfonamides is 1. The lowest BCUT2D eigenvalue weighted by molar-refractivity contribution is 0.0589. The number of primary sulfonamides is 1. The molecular weight excluding hydrogens is 288 g/mol. The van der Waals surface area contributed by atoms with Crippen LogP contribution in [0, 0.1) is 0 Å². The summed E-state index contributed by atoms with van der Waals surface area (Å²) >= 11 is 3.00. The van der Waals surface area contributed by atoms with Gasteiger partial charge in [0, 0.05) is 13.2 Å². The zero-order valence-corrected chi connectivity index (χ0v) is 10.4. The van der Waals surface area contributed by atoms with E-state index in [1.165, 1.54) is 24.9 Å². The molecule has 1 heterocycles. The van der Waals surface area contributed by atoms with E-state index in [2.05, 4.69) is 20.7 Å². The normalized spacial score (nSPS) is 11.5. The van der Waals surface area contributed by atoms with E-state index < -0.39 is 16.0 Å². The third-order valence-electron chi connectivity index (χ3n) is 1.77. The van der Waals surface area contributed by atoms with Crippen LogP contribution >= 0.6 is 15.9 Å². The molecule has 6 nitrogen and oxygen atoms in total. The lowest BCUT2D eigenvalue weighted by Crippen LogP contribution is -2.12. The summed E-state index contributed by atoms with van der Waals surface area (Å²) in [5.41, 5.74) is 0.0986. The van der Waals surface area contributed by atoms with Crippen molar-refractivity contribution in [1.82, 2.24) is 4.57 Å². The van der Waals surface area contributed by atoms with Crippen molar-refractivity contribution in [2.45, 2.75) is 4.90 Å². The highest BCUT2D eigenvalue weighted by Crippen LogP contribution is 2.27. The molecule has 0 amide bonds. The first kappa shape index (κ1) is 12.2. The molecule has 0 aliphatic heterocycles. The third-order valence-corrected chi connectivity index (χ3v) is 3.76. The van der Waals surface area contributed by atoms with Gasteiger partial charge in [0.2, 0.25) is 10.0 Å². The topological polar surface area (TPSA) is 91.4 Å². The van der Waals surface area contributed by atoms with Gasteiger partial charge < -0.3 is 9.30 Å². The standard InChI is InChI=1S/C7H9BrN2O4S/c1-10-3-4(15(9,12)13)5(8)6(10)7(11)14-2/h3H,1-2H3,(H2,9,12,13). The molecule has 0 bridgehead atoms. The van der Waals surface area contributed by atoms with Gasteiger partial charge in [0.05, 0.1) is 11.6 Å². The van der Waals surface area contributed by atoms with Gasteiger partial charge >= 0.3 is 5.97 Å². The van der Waals surface area contributed by atoms with Crippen LogP contribution in [0.1, 0.15) is 10.5 Å². The van der Waals surface area contributed by atoms with Crippen LogP contribution in [0.4, 0.5) is 0 Å². The number of rotatable bonds is 2. The van der Waals surface area contributed by atoms with Crippen LogP contribution < -0.4 is 5.14 Å². The molecule has 15 heavy (non-hydrogen) atoms. The van der Waals surface area contributed by atoms with Crippen molar-refractivity contribution in [3.05, 3.63) is 16.4 Å². The van der Waals surface area contributed by atoms with Crippen LogP contribution in [0.3, 0.4) is 0 Å². The number of halogens is 1. The fourth-order valence-electron chi connectivity index (χ4n) is 1.10. The molecule has 0 radical (unpaired) electrons. The van der Waals surface area contributed by atoms with Gasteiger partial charge in [-0.2, -0.15) is 0 Å². The first-order valence-corrected chi connectivity index (χ1v) is 6.09. The van der Waals surface area contributed by atoms with Crippen LogP contribution in [0.15, 0.2) is 15.6 Å². The summed E-state index contributed by atoms with van der Waals surface area (Å²) in [5, 5.41) is 4.96. The van der Waals surface area contributed by atoms with E-state index in [1.54, 1.807) is 0 Å². The number of aryl methyl sites for hydroxylation is 1. The molecule has 1 aromatic heterocycles. The maximum atomic E-state index is 11.3. The first-order chi connectivity index (χ1) is 6.79. The van der Waals surface area contributed by atoms with Crippen molar-refractivity contribution in [3.8, 4) is 0 Å². The Morgan fingerprint density at radius 2 is 2.13 bits per heavy atom. The van der Waals surface area contributed by atoms with Crippen LogP contribution in [-0.4, -0.2) is 26.1 Å². The third kappa shape index (κ3) is 2.21. The Hall–Kier alpha value is -0.860. The predicted molar refractivity (Wildman–Crippen MR) is 55.8 cm³/mol. The Bertz CT molecular complexity index is 505. The lowest BCUT2D eigenvalue weighted by atomic mass is 10.4. The summed E-state index contributed by atoms with van der Waals surface area (Å²) in [6.07, 6.45) is 1.24. The van der Waals surface area contributed by atoms with E-state index in [4.69, 9.17) is 5.14 Å². The van der Waals surface area contributed by atoms with E-state index >= 15 is 0 Å². The minimum atomic E-state index is -3.85. The van der Waals surface area contributed by atoms with Crippen molar-refractivity contribution in [1.29, 1.82) is 0 Å². The average Bonchev–Trinajstić information content (AvgIpc) is 2.40. The molecule has 1 aromatic rings. The average molecular weight is 297 g/mol. The fourth-order valence-corrected chi connectivity index (χ4v) is 2.97. The Morgan fingerprint density at radius 1 is 1.60 bits per heavy atom. The molecule has 0 saturated carbocycles. The molecule has 0 aromatic carbocycles. The SMILES string of the molecule is COC(=O)c1c(Br)c(S(N)(=O)=O)cn1C. The number of hydrogen-bond donors (Lipinski definition) is 1. The minimum absolute atomic E-state index is 0.0986. The van der Waals surface area contributed by atoms with Crippen LogP contribution in [0.5, 0.6) is 0 Å². The van der Waals surface area contributed by atoms with Crippen LogP contribution in [0.2, 0.25) is 0 Å². The number of carbonyl (C=O) groups is 1. The smallest absolute Gasteiger partial charge is 0.355 e. The van der Waals surface area contributed by atoms with Crippen LogP contribution in [0.25, 0.3) is 0 Å². The van der Waals surface area contributed by atoms with E-state index in [0.29, 0.717) is 0 Å². The molecule has 0 unspecified atom stereocenters. The quantitative estimate of drug-likeness (QED) is 0.791. The molecule has 1 rings (SSSR count). The monoisotopic (exact) mass is 296 g/mol. The Kier molecular flexibility index (Phi) is 3.22.